The molecular weight excluding hydrogens is 266 g/mol. The molecule has 0 spiro atoms. The van der Waals surface area contributed by atoms with E-state index < -0.39 is 0 Å². The van der Waals surface area contributed by atoms with Crippen LogP contribution in [-0.4, -0.2) is 68.6 Å². The number of hydrogen-bond acceptors (Lipinski definition) is 4. The van der Waals surface area contributed by atoms with Crippen LogP contribution in [0.3, 0.4) is 0 Å². The number of benzene rings is 1. The van der Waals surface area contributed by atoms with Crippen LogP contribution in [-0.2, 0) is 0 Å². The third-order valence-corrected chi connectivity index (χ3v) is 3.73. The van der Waals surface area contributed by atoms with Gasteiger partial charge in [-0.2, -0.15) is 0 Å². The van der Waals surface area contributed by atoms with E-state index in [-0.39, 0.29) is 5.91 Å². The van der Waals surface area contributed by atoms with Crippen LogP contribution in [0, 0.1) is 0 Å². The lowest BCUT2D eigenvalue weighted by Crippen LogP contribution is -2.46. The van der Waals surface area contributed by atoms with Crippen LogP contribution in [0.5, 0.6) is 5.75 Å². The lowest BCUT2D eigenvalue weighted by Gasteiger charge is -2.29. The zero-order valence-electron chi connectivity index (χ0n) is 13.0. The Bertz CT molecular complexity index is 459. The van der Waals surface area contributed by atoms with Gasteiger partial charge in [0.1, 0.15) is 5.75 Å². The predicted octanol–water partition coefficient (Wildman–Crippen LogP) is 1.06. The van der Waals surface area contributed by atoms with Crippen molar-refractivity contribution < 1.29 is 9.53 Å². The minimum absolute atomic E-state index is 0.0224. The molecule has 116 valence electrons. The molecule has 1 fully saturated rings. The summed E-state index contributed by atoms with van der Waals surface area (Å²) in [6.45, 7) is 8.31. The zero-order chi connectivity index (χ0) is 15.1. The molecule has 1 saturated heterocycles. The summed E-state index contributed by atoms with van der Waals surface area (Å²) in [4.78, 5) is 16.7. The number of carbonyl (C=O) groups excluding carboxylic acids is 1. The third-order valence-electron chi connectivity index (χ3n) is 3.73. The second-order valence-corrected chi connectivity index (χ2v) is 5.25. The highest BCUT2D eigenvalue weighted by Crippen LogP contribution is 2.19. The number of ether oxygens (including phenoxy) is 1. The molecule has 0 aromatic heterocycles. The SMILES string of the molecule is CCOc1ccccc1C(=O)N(C)CCN1CCNCC1. The van der Waals surface area contributed by atoms with Gasteiger partial charge in [0.05, 0.1) is 12.2 Å². The van der Waals surface area contributed by atoms with Crippen LogP contribution < -0.4 is 10.1 Å². The van der Waals surface area contributed by atoms with Crippen LogP contribution in [0.4, 0.5) is 0 Å². The first-order valence-electron chi connectivity index (χ1n) is 7.62. The highest BCUT2D eigenvalue weighted by Gasteiger charge is 2.17. The molecule has 21 heavy (non-hydrogen) atoms. The van der Waals surface area contributed by atoms with Gasteiger partial charge in [-0.25, -0.2) is 0 Å². The Labute approximate surface area is 126 Å². The molecule has 5 heteroatoms. The van der Waals surface area contributed by atoms with Gasteiger partial charge >= 0.3 is 0 Å². The number of amides is 1. The van der Waals surface area contributed by atoms with Gasteiger partial charge in [0.2, 0.25) is 0 Å². The number of hydrogen-bond donors (Lipinski definition) is 1. The molecule has 1 aromatic carbocycles. The van der Waals surface area contributed by atoms with Crippen molar-refractivity contribution in [2.75, 3.05) is 52.9 Å². The molecule has 1 N–H and O–H groups in total. The molecule has 1 aromatic rings. The van der Waals surface area contributed by atoms with E-state index in [1.54, 1.807) is 4.90 Å². The zero-order valence-corrected chi connectivity index (χ0v) is 13.0. The molecule has 0 aliphatic carbocycles. The van der Waals surface area contributed by atoms with Crippen molar-refractivity contribution in [3.63, 3.8) is 0 Å². The Balaban J connectivity index is 1.92. The third kappa shape index (κ3) is 4.44. The van der Waals surface area contributed by atoms with Crippen LogP contribution in [0.25, 0.3) is 0 Å². The Morgan fingerprint density at radius 1 is 1.33 bits per heavy atom. The van der Waals surface area contributed by atoms with E-state index in [9.17, 15) is 4.79 Å². The number of nitrogens with one attached hydrogen (secondary N) is 1. The molecule has 1 amide bonds. The van der Waals surface area contributed by atoms with Crippen molar-refractivity contribution in [3.8, 4) is 5.75 Å². The highest BCUT2D eigenvalue weighted by molar-refractivity contribution is 5.96. The quantitative estimate of drug-likeness (QED) is 0.851. The first-order valence-corrected chi connectivity index (χ1v) is 7.62. The van der Waals surface area contributed by atoms with Crippen LogP contribution in [0.15, 0.2) is 24.3 Å². The van der Waals surface area contributed by atoms with Gasteiger partial charge in [0.25, 0.3) is 5.91 Å². The normalized spacial score (nSPS) is 15.7. The summed E-state index contributed by atoms with van der Waals surface area (Å²) >= 11 is 0. The molecule has 0 radical (unpaired) electrons. The summed E-state index contributed by atoms with van der Waals surface area (Å²) in [7, 11) is 1.85. The first-order chi connectivity index (χ1) is 10.2. The van der Waals surface area contributed by atoms with Gasteiger partial charge < -0.3 is 15.0 Å². The maximum Gasteiger partial charge on any atom is 0.257 e. The summed E-state index contributed by atoms with van der Waals surface area (Å²) < 4.78 is 5.54. The molecule has 2 rings (SSSR count). The number of rotatable bonds is 6. The van der Waals surface area contributed by atoms with Crippen molar-refractivity contribution in [3.05, 3.63) is 29.8 Å². The summed E-state index contributed by atoms with van der Waals surface area (Å²) in [5.41, 5.74) is 0.641. The number of nitrogens with zero attached hydrogens (tertiary/aromatic N) is 2. The molecule has 1 heterocycles. The molecule has 0 bridgehead atoms. The first kappa shape index (κ1) is 15.8. The van der Waals surface area contributed by atoms with Gasteiger partial charge in [-0.15, -0.1) is 0 Å². The predicted molar refractivity (Wildman–Crippen MR) is 83.9 cm³/mol. The average molecular weight is 291 g/mol. The molecule has 5 nitrogen and oxygen atoms in total. The van der Waals surface area contributed by atoms with Gasteiger partial charge in [-0.3, -0.25) is 9.69 Å². The van der Waals surface area contributed by atoms with Crippen molar-refractivity contribution in [1.29, 1.82) is 0 Å². The smallest absolute Gasteiger partial charge is 0.257 e. The van der Waals surface area contributed by atoms with E-state index in [1.165, 1.54) is 0 Å². The second-order valence-electron chi connectivity index (χ2n) is 5.25. The number of carbonyl (C=O) groups is 1. The van der Waals surface area contributed by atoms with Crippen LogP contribution in [0.1, 0.15) is 17.3 Å². The Hall–Kier alpha value is -1.59. The largest absolute Gasteiger partial charge is 0.493 e. The number of piperazine rings is 1. The van der Waals surface area contributed by atoms with Crippen molar-refractivity contribution in [2.45, 2.75) is 6.92 Å². The molecule has 1 aliphatic heterocycles. The fourth-order valence-corrected chi connectivity index (χ4v) is 2.46. The molecule has 0 atom stereocenters. The minimum Gasteiger partial charge on any atom is -0.493 e. The molecule has 0 unspecified atom stereocenters. The number of para-hydroxylation sites is 1. The molecule has 0 saturated carbocycles. The van der Waals surface area contributed by atoms with Gasteiger partial charge in [0.15, 0.2) is 0 Å². The van der Waals surface area contributed by atoms with E-state index >= 15 is 0 Å². The monoisotopic (exact) mass is 291 g/mol. The van der Waals surface area contributed by atoms with Gasteiger partial charge in [-0.05, 0) is 19.1 Å². The summed E-state index contributed by atoms with van der Waals surface area (Å²) in [6, 6.07) is 7.44. The van der Waals surface area contributed by atoms with E-state index in [2.05, 4.69) is 10.2 Å². The van der Waals surface area contributed by atoms with Crippen molar-refractivity contribution in [2.24, 2.45) is 0 Å². The lowest BCUT2D eigenvalue weighted by molar-refractivity contribution is 0.0770. The van der Waals surface area contributed by atoms with Crippen LogP contribution in [0.2, 0.25) is 0 Å². The summed E-state index contributed by atoms with van der Waals surface area (Å²) in [5, 5.41) is 3.33. The van der Waals surface area contributed by atoms with Crippen molar-refractivity contribution >= 4 is 5.91 Å². The fourth-order valence-electron chi connectivity index (χ4n) is 2.46. The lowest BCUT2D eigenvalue weighted by atomic mass is 10.1. The fraction of sp³-hybridized carbons (Fsp3) is 0.562. The summed E-state index contributed by atoms with van der Waals surface area (Å²) in [6.07, 6.45) is 0. The maximum absolute atomic E-state index is 12.5. The van der Waals surface area contributed by atoms with E-state index in [0.717, 1.165) is 39.3 Å². The Morgan fingerprint density at radius 3 is 2.76 bits per heavy atom. The maximum atomic E-state index is 12.5. The minimum atomic E-state index is 0.0224. The van der Waals surface area contributed by atoms with E-state index in [1.807, 2.05) is 38.2 Å². The molecule has 1 aliphatic rings. The van der Waals surface area contributed by atoms with Crippen LogP contribution >= 0.6 is 0 Å². The Morgan fingerprint density at radius 2 is 2.05 bits per heavy atom. The Kier molecular flexibility index (Phi) is 6.02. The topological polar surface area (TPSA) is 44.8 Å². The standard InChI is InChI=1S/C16H25N3O2/c1-3-21-15-7-5-4-6-14(15)16(20)18(2)12-13-19-10-8-17-9-11-19/h4-7,17H,3,8-13H2,1-2H3. The average Bonchev–Trinajstić information content (AvgIpc) is 2.54. The van der Waals surface area contributed by atoms with Gasteiger partial charge in [0, 0.05) is 46.3 Å². The molecular formula is C16H25N3O2. The highest BCUT2D eigenvalue weighted by atomic mass is 16.5. The van der Waals surface area contributed by atoms with E-state index in [4.69, 9.17) is 4.74 Å². The number of likely N-dealkylation sites (N-methyl/N-ethyl adjacent to an activating group) is 1. The van der Waals surface area contributed by atoms with E-state index in [0.29, 0.717) is 17.9 Å². The van der Waals surface area contributed by atoms with Crippen molar-refractivity contribution in [1.82, 2.24) is 15.1 Å². The van der Waals surface area contributed by atoms with Gasteiger partial charge in [-0.1, -0.05) is 12.1 Å². The summed E-state index contributed by atoms with van der Waals surface area (Å²) in [5.74, 6) is 0.688. The second kappa shape index (κ2) is 8.00.